The Labute approximate surface area is 104 Å². The zero-order valence-electron chi connectivity index (χ0n) is 8.20. The van der Waals surface area contributed by atoms with E-state index in [2.05, 4.69) is 21.2 Å². The van der Waals surface area contributed by atoms with Crippen LogP contribution in [0.15, 0.2) is 28.7 Å². The van der Waals surface area contributed by atoms with Crippen LogP contribution in [0.3, 0.4) is 0 Å². The lowest BCUT2D eigenvalue weighted by molar-refractivity contribution is -0.122. The van der Waals surface area contributed by atoms with Crippen LogP contribution in [0.25, 0.3) is 0 Å². The van der Waals surface area contributed by atoms with E-state index in [0.29, 0.717) is 12.2 Å². The zero-order valence-corrected chi connectivity index (χ0v) is 10.6. The summed E-state index contributed by atoms with van der Waals surface area (Å²) in [5.74, 6) is 0.300. The summed E-state index contributed by atoms with van der Waals surface area (Å²) in [6.07, 6.45) is 1.66. The Balaban J connectivity index is 0.00000112. The first-order valence-corrected chi connectivity index (χ1v) is 5.58. The monoisotopic (exact) mass is 289 g/mol. The van der Waals surface area contributed by atoms with E-state index in [4.69, 9.17) is 0 Å². The van der Waals surface area contributed by atoms with Crippen LogP contribution in [-0.2, 0) is 4.79 Å². The number of hydrogen-bond donors (Lipinski definition) is 1. The number of nitrogens with one attached hydrogen (secondary N) is 1. The molecule has 1 heterocycles. The second kappa shape index (κ2) is 5.64. The molecule has 1 aromatic rings. The number of carbonyl (C=O) groups is 1. The van der Waals surface area contributed by atoms with Crippen LogP contribution in [0.4, 0.5) is 0 Å². The first kappa shape index (κ1) is 12.7. The molecule has 2 nitrogen and oxygen atoms in total. The van der Waals surface area contributed by atoms with Gasteiger partial charge in [-0.3, -0.25) is 4.79 Å². The van der Waals surface area contributed by atoms with Crippen molar-refractivity contribution in [2.75, 3.05) is 6.54 Å². The van der Waals surface area contributed by atoms with E-state index < -0.39 is 0 Å². The minimum atomic E-state index is -0.0961. The van der Waals surface area contributed by atoms with Gasteiger partial charge in [0.1, 0.15) is 0 Å². The van der Waals surface area contributed by atoms with Gasteiger partial charge in [0, 0.05) is 10.9 Å². The number of benzene rings is 1. The van der Waals surface area contributed by atoms with Gasteiger partial charge in [0.15, 0.2) is 5.78 Å². The minimum absolute atomic E-state index is 0. The second-order valence-corrected chi connectivity index (χ2v) is 4.43. The highest BCUT2D eigenvalue weighted by Crippen LogP contribution is 2.22. The van der Waals surface area contributed by atoms with Crippen molar-refractivity contribution < 1.29 is 4.79 Å². The summed E-state index contributed by atoms with van der Waals surface area (Å²) in [7, 11) is 0. The fraction of sp³-hybridized carbons (Fsp3) is 0.364. The second-order valence-electron chi connectivity index (χ2n) is 3.51. The Morgan fingerprint density at radius 3 is 2.87 bits per heavy atom. The van der Waals surface area contributed by atoms with Gasteiger partial charge in [-0.25, -0.2) is 0 Å². The molecule has 82 valence electrons. The zero-order chi connectivity index (χ0) is 9.97. The number of Topliss-reactive ketones (excluding diaryl/α,β-unsaturated/α-hetero) is 1. The molecule has 1 fully saturated rings. The van der Waals surface area contributed by atoms with Crippen LogP contribution in [0.2, 0.25) is 0 Å². The maximum atomic E-state index is 11.6. The van der Waals surface area contributed by atoms with Gasteiger partial charge in [0.05, 0.1) is 6.04 Å². The summed E-state index contributed by atoms with van der Waals surface area (Å²) in [5, 5.41) is 3.24. The van der Waals surface area contributed by atoms with Gasteiger partial charge in [-0.05, 0) is 30.7 Å². The Morgan fingerprint density at radius 1 is 1.40 bits per heavy atom. The first-order valence-electron chi connectivity index (χ1n) is 4.79. The normalized spacial score (nSPS) is 20.9. The summed E-state index contributed by atoms with van der Waals surface area (Å²) >= 11 is 3.41. The van der Waals surface area contributed by atoms with Gasteiger partial charge < -0.3 is 5.32 Å². The van der Waals surface area contributed by atoms with Crippen molar-refractivity contribution in [1.29, 1.82) is 0 Å². The van der Waals surface area contributed by atoms with Crippen LogP contribution >= 0.6 is 28.3 Å². The van der Waals surface area contributed by atoms with Crippen molar-refractivity contribution in [3.05, 3.63) is 34.3 Å². The number of piperidine rings is 1. The van der Waals surface area contributed by atoms with E-state index in [1.54, 1.807) is 0 Å². The molecule has 0 bridgehead atoms. The lowest BCUT2D eigenvalue weighted by Crippen LogP contribution is -2.34. The topological polar surface area (TPSA) is 29.1 Å². The molecule has 1 N–H and O–H groups in total. The Morgan fingerprint density at radius 2 is 2.20 bits per heavy atom. The molecule has 0 spiro atoms. The molecule has 0 saturated carbocycles. The smallest absolute Gasteiger partial charge is 0.154 e. The molecule has 0 radical (unpaired) electrons. The quantitative estimate of drug-likeness (QED) is 0.862. The summed E-state index contributed by atoms with van der Waals surface area (Å²) in [6, 6.07) is 7.83. The standard InChI is InChI=1S/C11H12BrNO.ClH/c12-9-4-1-3-8(7-9)11-10(14)5-2-6-13-11;/h1,3-4,7,11,13H,2,5-6H2;1H. The highest BCUT2D eigenvalue weighted by molar-refractivity contribution is 9.10. The van der Waals surface area contributed by atoms with Crippen molar-refractivity contribution in [3.63, 3.8) is 0 Å². The molecule has 1 saturated heterocycles. The van der Waals surface area contributed by atoms with E-state index in [1.165, 1.54) is 0 Å². The predicted octanol–water partition coefficient (Wildman–Crippen LogP) is 2.86. The van der Waals surface area contributed by atoms with E-state index in [9.17, 15) is 4.79 Å². The number of rotatable bonds is 1. The lowest BCUT2D eigenvalue weighted by Gasteiger charge is -2.22. The lowest BCUT2D eigenvalue weighted by atomic mass is 9.96. The maximum Gasteiger partial charge on any atom is 0.154 e. The Bertz CT molecular complexity index is 356. The fourth-order valence-corrected chi connectivity index (χ4v) is 2.17. The van der Waals surface area contributed by atoms with Gasteiger partial charge in [0.25, 0.3) is 0 Å². The SMILES string of the molecule is Cl.O=C1CCCNC1c1cccc(Br)c1. The average Bonchev–Trinajstić information content (AvgIpc) is 2.18. The molecule has 2 rings (SSSR count). The molecule has 4 heteroatoms. The van der Waals surface area contributed by atoms with E-state index in [1.807, 2.05) is 24.3 Å². The third-order valence-electron chi connectivity index (χ3n) is 2.45. The van der Waals surface area contributed by atoms with Crippen molar-refractivity contribution in [2.45, 2.75) is 18.9 Å². The van der Waals surface area contributed by atoms with Crippen molar-refractivity contribution in [3.8, 4) is 0 Å². The van der Waals surface area contributed by atoms with Crippen molar-refractivity contribution in [1.82, 2.24) is 5.32 Å². The van der Waals surface area contributed by atoms with Crippen LogP contribution in [0, 0.1) is 0 Å². The Kier molecular flexibility index (Phi) is 4.77. The number of halogens is 2. The summed E-state index contributed by atoms with van der Waals surface area (Å²) in [4.78, 5) is 11.6. The molecule has 15 heavy (non-hydrogen) atoms. The predicted molar refractivity (Wildman–Crippen MR) is 66.4 cm³/mol. The first-order chi connectivity index (χ1) is 6.77. The molecule has 0 aliphatic carbocycles. The summed E-state index contributed by atoms with van der Waals surface area (Å²) in [5.41, 5.74) is 1.06. The minimum Gasteiger partial charge on any atom is -0.304 e. The molecule has 0 amide bonds. The van der Waals surface area contributed by atoms with E-state index >= 15 is 0 Å². The van der Waals surface area contributed by atoms with E-state index in [-0.39, 0.29) is 18.4 Å². The maximum absolute atomic E-state index is 11.6. The van der Waals surface area contributed by atoms with Crippen molar-refractivity contribution >= 4 is 34.1 Å². The van der Waals surface area contributed by atoms with Gasteiger partial charge in [-0.1, -0.05) is 28.1 Å². The molecule has 0 aromatic heterocycles. The molecule has 1 aliphatic heterocycles. The van der Waals surface area contributed by atoms with Crippen LogP contribution in [0.5, 0.6) is 0 Å². The fourth-order valence-electron chi connectivity index (χ4n) is 1.76. The van der Waals surface area contributed by atoms with Crippen LogP contribution < -0.4 is 5.32 Å². The largest absolute Gasteiger partial charge is 0.304 e. The van der Waals surface area contributed by atoms with Gasteiger partial charge in [-0.2, -0.15) is 0 Å². The molecule has 1 atom stereocenters. The van der Waals surface area contributed by atoms with Gasteiger partial charge in [0.2, 0.25) is 0 Å². The molecule has 1 aromatic carbocycles. The van der Waals surface area contributed by atoms with Crippen molar-refractivity contribution in [2.24, 2.45) is 0 Å². The molecular formula is C11H13BrClNO. The highest BCUT2D eigenvalue weighted by atomic mass is 79.9. The third kappa shape index (κ3) is 3.03. The third-order valence-corrected chi connectivity index (χ3v) is 2.95. The summed E-state index contributed by atoms with van der Waals surface area (Å²) in [6.45, 7) is 0.933. The van der Waals surface area contributed by atoms with Gasteiger partial charge in [-0.15, -0.1) is 12.4 Å². The van der Waals surface area contributed by atoms with E-state index in [0.717, 1.165) is 23.0 Å². The average molecular weight is 291 g/mol. The molecular weight excluding hydrogens is 277 g/mol. The molecule has 1 unspecified atom stereocenters. The number of ketones is 1. The van der Waals surface area contributed by atoms with Gasteiger partial charge >= 0.3 is 0 Å². The summed E-state index contributed by atoms with van der Waals surface area (Å²) < 4.78 is 1.02. The highest BCUT2D eigenvalue weighted by Gasteiger charge is 2.22. The van der Waals surface area contributed by atoms with Crippen LogP contribution in [0.1, 0.15) is 24.4 Å². The number of hydrogen-bond acceptors (Lipinski definition) is 2. The molecule has 1 aliphatic rings. The van der Waals surface area contributed by atoms with Crippen LogP contribution in [-0.4, -0.2) is 12.3 Å². The Hall–Kier alpha value is -0.380. The number of carbonyl (C=O) groups excluding carboxylic acids is 1.